The third-order valence-electron chi connectivity index (χ3n) is 7.27. The molecule has 0 aliphatic carbocycles. The molecule has 0 saturated heterocycles. The number of allylic oxidation sites excluding steroid dienone is 3. The lowest BCUT2D eigenvalue weighted by Crippen LogP contribution is -1.97. The second-order valence-electron chi connectivity index (χ2n) is 10.4. The topological polar surface area (TPSA) is 76.8 Å². The maximum Gasteiger partial charge on any atom is 0.126 e. The van der Waals surface area contributed by atoms with E-state index in [0.29, 0.717) is 5.82 Å². The molecule has 0 spiro atoms. The summed E-state index contributed by atoms with van der Waals surface area (Å²) in [6.07, 6.45) is 16.6. The average molecular weight is 571 g/mol. The van der Waals surface area contributed by atoms with Gasteiger partial charge < -0.3 is 0 Å². The monoisotopic (exact) mass is 570 g/mol. The third kappa shape index (κ3) is 6.45. The molecular formula is C38H30N6. The van der Waals surface area contributed by atoms with Gasteiger partial charge in [0.25, 0.3) is 0 Å². The van der Waals surface area contributed by atoms with Crippen molar-refractivity contribution < 1.29 is 0 Å². The van der Waals surface area contributed by atoms with E-state index in [2.05, 4.69) is 94.2 Å². The Morgan fingerprint density at radius 2 is 1.07 bits per heavy atom. The van der Waals surface area contributed by atoms with E-state index in [1.54, 1.807) is 24.8 Å². The van der Waals surface area contributed by atoms with Crippen molar-refractivity contribution in [1.29, 1.82) is 0 Å². The van der Waals surface area contributed by atoms with E-state index in [1.165, 1.54) is 0 Å². The van der Waals surface area contributed by atoms with Gasteiger partial charge in [-0.1, -0.05) is 24.3 Å². The molecule has 44 heavy (non-hydrogen) atoms. The first kappa shape index (κ1) is 28.2. The molecule has 0 saturated carbocycles. The molecule has 6 nitrogen and oxygen atoms in total. The zero-order valence-corrected chi connectivity index (χ0v) is 24.6. The Kier molecular flexibility index (Phi) is 8.32. The lowest BCUT2D eigenvalue weighted by Gasteiger charge is -2.13. The van der Waals surface area contributed by atoms with Crippen LogP contribution in [-0.2, 0) is 0 Å². The highest BCUT2D eigenvalue weighted by Crippen LogP contribution is 2.35. The smallest absolute Gasteiger partial charge is 0.126 e. The van der Waals surface area contributed by atoms with Gasteiger partial charge in [0.05, 0.1) is 11.4 Å². The van der Waals surface area contributed by atoms with E-state index in [1.807, 2.05) is 55.9 Å². The first-order valence-electron chi connectivity index (χ1n) is 14.2. The molecule has 0 atom stereocenters. The zero-order chi connectivity index (χ0) is 30.3. The summed E-state index contributed by atoms with van der Waals surface area (Å²) in [5, 5.41) is 0. The van der Waals surface area contributed by atoms with E-state index in [-0.39, 0.29) is 0 Å². The number of aliphatic imine (C=N–C) groups is 1. The number of aromatic nitrogens is 5. The number of nitrogens with zero attached hydrogens (tertiary/aromatic N) is 6. The predicted molar refractivity (Wildman–Crippen MR) is 180 cm³/mol. The highest BCUT2D eigenvalue weighted by Gasteiger charge is 2.13. The molecule has 212 valence electrons. The van der Waals surface area contributed by atoms with Crippen LogP contribution in [0.25, 0.3) is 61.5 Å². The van der Waals surface area contributed by atoms with Crippen LogP contribution in [0.3, 0.4) is 0 Å². The van der Waals surface area contributed by atoms with Crippen LogP contribution in [0.2, 0.25) is 0 Å². The molecule has 0 aliphatic rings. The van der Waals surface area contributed by atoms with Gasteiger partial charge in [0.15, 0.2) is 0 Å². The molecule has 4 aromatic heterocycles. The van der Waals surface area contributed by atoms with E-state index in [9.17, 15) is 0 Å². The second kappa shape index (κ2) is 13.0. The van der Waals surface area contributed by atoms with E-state index < -0.39 is 0 Å². The Balaban J connectivity index is 1.51. The van der Waals surface area contributed by atoms with Gasteiger partial charge in [0.2, 0.25) is 0 Å². The Morgan fingerprint density at radius 3 is 1.55 bits per heavy atom. The highest BCUT2D eigenvalue weighted by atomic mass is 14.9. The Hall–Kier alpha value is -5.88. The first-order valence-corrected chi connectivity index (χ1v) is 14.2. The Labute approximate surface area is 257 Å². The molecule has 2 aromatic carbocycles. The van der Waals surface area contributed by atoms with Crippen LogP contribution >= 0.6 is 0 Å². The summed E-state index contributed by atoms with van der Waals surface area (Å²) in [6, 6.07) is 27.1. The lowest BCUT2D eigenvalue weighted by atomic mass is 9.94. The molecule has 0 N–H and O–H groups in total. The normalized spacial score (nSPS) is 11.5. The van der Waals surface area contributed by atoms with Crippen LogP contribution in [0.15, 0.2) is 139 Å². The van der Waals surface area contributed by atoms with Gasteiger partial charge in [-0.05, 0) is 115 Å². The number of hydrogen-bond donors (Lipinski definition) is 0. The minimum absolute atomic E-state index is 0.688. The fraction of sp³-hybridized carbons (Fsp3) is 0.0526. The molecule has 0 fully saturated rings. The molecule has 4 heterocycles. The summed E-state index contributed by atoms with van der Waals surface area (Å²) >= 11 is 0. The van der Waals surface area contributed by atoms with Crippen LogP contribution in [-0.4, -0.2) is 31.6 Å². The molecule has 0 radical (unpaired) electrons. The molecule has 0 bridgehead atoms. The summed E-state index contributed by atoms with van der Waals surface area (Å²) < 4.78 is 0. The largest absolute Gasteiger partial charge is 0.273 e. The van der Waals surface area contributed by atoms with Crippen LogP contribution in [0.5, 0.6) is 0 Å². The minimum Gasteiger partial charge on any atom is -0.273 e. The van der Waals surface area contributed by atoms with E-state index >= 15 is 0 Å². The van der Waals surface area contributed by atoms with Gasteiger partial charge in [0.1, 0.15) is 5.82 Å². The average Bonchev–Trinajstić information content (AvgIpc) is 3.09. The fourth-order valence-electron chi connectivity index (χ4n) is 5.09. The summed E-state index contributed by atoms with van der Waals surface area (Å²) in [7, 11) is 0. The predicted octanol–water partition coefficient (Wildman–Crippen LogP) is 8.92. The zero-order valence-electron chi connectivity index (χ0n) is 24.6. The van der Waals surface area contributed by atoms with Crippen LogP contribution < -0.4 is 0 Å². The number of hydrogen-bond acceptors (Lipinski definition) is 6. The van der Waals surface area contributed by atoms with Gasteiger partial charge in [-0.3, -0.25) is 19.9 Å². The third-order valence-corrected chi connectivity index (χ3v) is 7.27. The van der Waals surface area contributed by atoms with Gasteiger partial charge in [-0.25, -0.2) is 9.97 Å². The summed E-state index contributed by atoms with van der Waals surface area (Å²) in [5.41, 5.74) is 12.1. The number of benzene rings is 2. The van der Waals surface area contributed by atoms with Crippen molar-refractivity contribution in [1.82, 2.24) is 24.9 Å². The first-order chi connectivity index (χ1) is 21.6. The summed E-state index contributed by atoms with van der Waals surface area (Å²) in [6.45, 7) is 7.55. The van der Waals surface area contributed by atoms with E-state index in [4.69, 9.17) is 9.97 Å². The van der Waals surface area contributed by atoms with Crippen molar-refractivity contribution in [2.45, 2.75) is 13.8 Å². The number of rotatable bonds is 8. The maximum absolute atomic E-state index is 4.90. The minimum atomic E-state index is 0.688. The number of aryl methyl sites for hydroxylation is 1. The van der Waals surface area contributed by atoms with Crippen molar-refractivity contribution in [3.63, 3.8) is 0 Å². The highest BCUT2D eigenvalue weighted by molar-refractivity contribution is 5.83. The van der Waals surface area contributed by atoms with Crippen molar-refractivity contribution in [3.05, 3.63) is 146 Å². The van der Waals surface area contributed by atoms with Crippen molar-refractivity contribution in [3.8, 4) is 55.9 Å². The van der Waals surface area contributed by atoms with Crippen LogP contribution in [0.1, 0.15) is 18.3 Å². The molecule has 6 aromatic rings. The van der Waals surface area contributed by atoms with Crippen molar-refractivity contribution >= 4 is 12.3 Å². The van der Waals surface area contributed by atoms with Crippen LogP contribution in [0.4, 0.5) is 0 Å². The van der Waals surface area contributed by atoms with Gasteiger partial charge in [-0.15, -0.1) is 0 Å². The fourth-order valence-corrected chi connectivity index (χ4v) is 5.09. The van der Waals surface area contributed by atoms with Gasteiger partial charge in [0, 0.05) is 71.2 Å². The Bertz CT molecular complexity index is 1920. The molecule has 0 amide bonds. The van der Waals surface area contributed by atoms with Crippen molar-refractivity contribution in [2.24, 2.45) is 4.99 Å². The van der Waals surface area contributed by atoms with E-state index in [0.717, 1.165) is 67.0 Å². The van der Waals surface area contributed by atoms with Crippen molar-refractivity contribution in [2.75, 3.05) is 0 Å². The Morgan fingerprint density at radius 1 is 0.614 bits per heavy atom. The maximum atomic E-state index is 4.90. The van der Waals surface area contributed by atoms with Crippen LogP contribution in [0, 0.1) is 6.92 Å². The molecule has 0 unspecified atom stereocenters. The van der Waals surface area contributed by atoms with Gasteiger partial charge >= 0.3 is 0 Å². The molecule has 6 heteroatoms. The summed E-state index contributed by atoms with van der Waals surface area (Å²) in [5.74, 6) is 0.688. The quantitative estimate of drug-likeness (QED) is 0.135. The van der Waals surface area contributed by atoms with Gasteiger partial charge in [-0.2, -0.15) is 0 Å². The summed E-state index contributed by atoms with van der Waals surface area (Å²) in [4.78, 5) is 26.7. The number of pyridine rings is 3. The SMILES string of the molecule is C=N/C=C\C=C(/C)c1cc(-c2cccnc2)cc(-c2cc(-c3cc(-c4cccnc4)cc(-c4cccnc4)c3)nc(C)n2)c1. The standard InChI is InChI=1S/C38H30N6/c1-26(8-4-12-39-3)31-16-32(28-9-5-13-40-23-28)19-35(17-31)37-22-38(44-27(2)43-37)36-20-33(29-10-6-14-41-24-29)18-34(21-36)30-11-7-15-42-25-30/h4-25H,3H2,1-2H3/b12-4-,26-8+. The molecule has 0 aliphatic heterocycles. The lowest BCUT2D eigenvalue weighted by molar-refractivity contribution is 1.06. The second-order valence-corrected chi connectivity index (χ2v) is 10.4. The molecular weight excluding hydrogens is 540 g/mol. The molecule has 6 rings (SSSR count).